The summed E-state index contributed by atoms with van der Waals surface area (Å²) in [5.74, 6) is 0.863. The Hall–Kier alpha value is -1.14. The molecule has 1 aromatic carbocycles. The molecule has 0 fully saturated rings. The van der Waals surface area contributed by atoms with Crippen molar-refractivity contribution in [3.8, 4) is 5.75 Å². The van der Waals surface area contributed by atoms with Crippen molar-refractivity contribution < 1.29 is 14.2 Å². The zero-order chi connectivity index (χ0) is 15.9. The largest absolute Gasteiger partial charge is 0.497 e. The average molecular weight is 296 g/mol. The Kier molecular flexibility index (Phi) is 7.11. The summed E-state index contributed by atoms with van der Waals surface area (Å²) in [6, 6.07) is 8.07. The van der Waals surface area contributed by atoms with Crippen LogP contribution in [-0.2, 0) is 16.0 Å². The Balaban J connectivity index is 2.74. The topological polar surface area (TPSA) is 57.0 Å². The molecule has 1 atom stereocenters. The lowest BCUT2D eigenvalue weighted by Crippen LogP contribution is -2.51. The summed E-state index contributed by atoms with van der Waals surface area (Å²) >= 11 is 0. The van der Waals surface area contributed by atoms with Crippen LogP contribution in [0, 0.1) is 0 Å². The van der Waals surface area contributed by atoms with Crippen molar-refractivity contribution in [2.75, 3.05) is 34.9 Å². The van der Waals surface area contributed by atoms with Crippen LogP contribution in [0.5, 0.6) is 5.75 Å². The predicted octanol–water partition coefficient (Wildman–Crippen LogP) is 1.85. The second-order valence-electron chi connectivity index (χ2n) is 5.51. The number of nitrogens with two attached hydrogens (primary N) is 1. The Morgan fingerprint density at radius 3 is 2.14 bits per heavy atom. The first-order valence-electron chi connectivity index (χ1n) is 7.09. The van der Waals surface area contributed by atoms with E-state index < -0.39 is 0 Å². The minimum absolute atomic E-state index is 0.198. The van der Waals surface area contributed by atoms with Crippen molar-refractivity contribution >= 4 is 0 Å². The van der Waals surface area contributed by atoms with Crippen molar-refractivity contribution in [2.24, 2.45) is 5.73 Å². The number of hydrogen-bond acceptors (Lipinski definition) is 5. The van der Waals surface area contributed by atoms with Crippen LogP contribution in [0.3, 0.4) is 0 Å². The molecule has 0 saturated carbocycles. The van der Waals surface area contributed by atoms with Gasteiger partial charge < -0.3 is 19.9 Å². The van der Waals surface area contributed by atoms with E-state index >= 15 is 0 Å². The summed E-state index contributed by atoms with van der Waals surface area (Å²) < 4.78 is 15.8. The fourth-order valence-electron chi connectivity index (χ4n) is 2.21. The van der Waals surface area contributed by atoms with Crippen LogP contribution in [0.1, 0.15) is 18.9 Å². The third-order valence-corrected chi connectivity index (χ3v) is 4.07. The van der Waals surface area contributed by atoms with Crippen LogP contribution in [-0.4, -0.2) is 51.7 Å². The van der Waals surface area contributed by atoms with E-state index in [0.717, 1.165) is 12.3 Å². The zero-order valence-corrected chi connectivity index (χ0v) is 13.8. The standard InChI is InChI=1S/C16H28N2O3/c1-16(12-17,10-15(20-4)21-5)18(2)11-13-6-8-14(19-3)9-7-13/h6-9,15H,10-12,17H2,1-5H3. The lowest BCUT2D eigenvalue weighted by atomic mass is 9.94. The van der Waals surface area contributed by atoms with Crippen LogP contribution in [0.4, 0.5) is 0 Å². The summed E-state index contributed by atoms with van der Waals surface area (Å²) in [4.78, 5) is 2.24. The van der Waals surface area contributed by atoms with Gasteiger partial charge in [0.15, 0.2) is 6.29 Å². The molecular formula is C16H28N2O3. The van der Waals surface area contributed by atoms with Gasteiger partial charge in [0, 0.05) is 39.3 Å². The van der Waals surface area contributed by atoms with Crippen LogP contribution in [0.25, 0.3) is 0 Å². The molecule has 0 aliphatic carbocycles. The molecule has 21 heavy (non-hydrogen) atoms. The van der Waals surface area contributed by atoms with E-state index in [1.54, 1.807) is 21.3 Å². The summed E-state index contributed by atoms with van der Waals surface area (Å²) in [6.07, 6.45) is 0.459. The maximum absolute atomic E-state index is 5.99. The van der Waals surface area contributed by atoms with E-state index in [1.165, 1.54) is 5.56 Å². The molecule has 5 nitrogen and oxygen atoms in total. The number of methoxy groups -OCH3 is 3. The van der Waals surface area contributed by atoms with Gasteiger partial charge in [0.05, 0.1) is 7.11 Å². The van der Waals surface area contributed by atoms with Crippen LogP contribution < -0.4 is 10.5 Å². The van der Waals surface area contributed by atoms with E-state index in [9.17, 15) is 0 Å². The summed E-state index contributed by atoms with van der Waals surface area (Å²) in [5, 5.41) is 0. The molecule has 0 aliphatic rings. The second kappa shape index (κ2) is 8.34. The highest BCUT2D eigenvalue weighted by Crippen LogP contribution is 2.23. The minimum atomic E-state index is -0.253. The van der Waals surface area contributed by atoms with Crippen molar-refractivity contribution in [3.63, 3.8) is 0 Å². The Morgan fingerprint density at radius 2 is 1.71 bits per heavy atom. The number of benzene rings is 1. The van der Waals surface area contributed by atoms with Gasteiger partial charge in [0.25, 0.3) is 0 Å². The van der Waals surface area contributed by atoms with Gasteiger partial charge in [-0.15, -0.1) is 0 Å². The molecule has 2 N–H and O–H groups in total. The quantitative estimate of drug-likeness (QED) is 0.705. The molecule has 0 amide bonds. The molecule has 0 aromatic heterocycles. The van der Waals surface area contributed by atoms with Crippen molar-refractivity contribution in [3.05, 3.63) is 29.8 Å². The smallest absolute Gasteiger partial charge is 0.158 e. The van der Waals surface area contributed by atoms with Gasteiger partial charge in [-0.1, -0.05) is 12.1 Å². The monoisotopic (exact) mass is 296 g/mol. The van der Waals surface area contributed by atoms with Crippen LogP contribution >= 0.6 is 0 Å². The lowest BCUT2D eigenvalue weighted by molar-refractivity contribution is -0.127. The summed E-state index contributed by atoms with van der Waals surface area (Å²) in [6.45, 7) is 3.46. The van der Waals surface area contributed by atoms with E-state index in [2.05, 4.69) is 31.0 Å². The van der Waals surface area contributed by atoms with E-state index in [0.29, 0.717) is 13.0 Å². The van der Waals surface area contributed by atoms with Gasteiger partial charge in [0.2, 0.25) is 0 Å². The van der Waals surface area contributed by atoms with Crippen LogP contribution in [0.15, 0.2) is 24.3 Å². The highest BCUT2D eigenvalue weighted by molar-refractivity contribution is 5.27. The van der Waals surface area contributed by atoms with Gasteiger partial charge in [0.1, 0.15) is 5.75 Å². The third-order valence-electron chi connectivity index (χ3n) is 4.07. The molecule has 1 rings (SSSR count). The number of ether oxygens (including phenoxy) is 3. The lowest BCUT2D eigenvalue weighted by Gasteiger charge is -2.39. The molecular weight excluding hydrogens is 268 g/mol. The first-order chi connectivity index (χ1) is 9.98. The van der Waals surface area contributed by atoms with E-state index in [1.807, 2.05) is 12.1 Å². The Labute approximate surface area is 128 Å². The first-order valence-corrected chi connectivity index (χ1v) is 7.09. The van der Waals surface area contributed by atoms with Gasteiger partial charge in [-0.25, -0.2) is 0 Å². The number of rotatable bonds is 9. The SMILES string of the molecule is COc1ccc(CN(C)C(C)(CN)CC(OC)OC)cc1. The Morgan fingerprint density at radius 1 is 1.14 bits per heavy atom. The molecule has 0 bridgehead atoms. The fraction of sp³-hybridized carbons (Fsp3) is 0.625. The Bertz CT molecular complexity index is 406. The molecule has 0 saturated heterocycles. The molecule has 0 aliphatic heterocycles. The van der Waals surface area contributed by atoms with Crippen LogP contribution in [0.2, 0.25) is 0 Å². The highest BCUT2D eigenvalue weighted by Gasteiger charge is 2.31. The normalized spacial score (nSPS) is 14.5. The minimum Gasteiger partial charge on any atom is -0.497 e. The number of likely N-dealkylation sites (N-methyl/N-ethyl adjacent to an activating group) is 1. The molecule has 0 heterocycles. The van der Waals surface area contributed by atoms with Gasteiger partial charge in [-0.2, -0.15) is 0 Å². The zero-order valence-electron chi connectivity index (χ0n) is 13.8. The molecule has 1 unspecified atom stereocenters. The van der Waals surface area contributed by atoms with Gasteiger partial charge in [-0.3, -0.25) is 4.90 Å². The first kappa shape index (κ1) is 17.9. The number of nitrogens with zero attached hydrogens (tertiary/aromatic N) is 1. The average Bonchev–Trinajstić information content (AvgIpc) is 2.53. The molecule has 1 aromatic rings. The summed E-state index contributed by atoms with van der Waals surface area (Å²) in [7, 11) is 7.03. The summed E-state index contributed by atoms with van der Waals surface area (Å²) in [5.41, 5.74) is 7.01. The number of hydrogen-bond donors (Lipinski definition) is 1. The van der Waals surface area contributed by atoms with E-state index in [4.69, 9.17) is 19.9 Å². The van der Waals surface area contributed by atoms with Crippen molar-refractivity contribution in [1.82, 2.24) is 4.90 Å². The maximum Gasteiger partial charge on any atom is 0.158 e. The maximum atomic E-state index is 5.99. The molecule has 5 heteroatoms. The highest BCUT2D eigenvalue weighted by atomic mass is 16.7. The van der Waals surface area contributed by atoms with Gasteiger partial charge in [-0.05, 0) is 31.7 Å². The van der Waals surface area contributed by atoms with Gasteiger partial charge >= 0.3 is 0 Å². The fourth-order valence-corrected chi connectivity index (χ4v) is 2.21. The molecule has 120 valence electrons. The molecule has 0 radical (unpaired) electrons. The predicted molar refractivity (Wildman–Crippen MR) is 84.3 cm³/mol. The molecule has 0 spiro atoms. The van der Waals surface area contributed by atoms with Crippen molar-refractivity contribution in [2.45, 2.75) is 31.7 Å². The second-order valence-corrected chi connectivity index (χ2v) is 5.51. The van der Waals surface area contributed by atoms with Crippen molar-refractivity contribution in [1.29, 1.82) is 0 Å². The third kappa shape index (κ3) is 4.97. The van der Waals surface area contributed by atoms with E-state index in [-0.39, 0.29) is 11.8 Å².